The first-order valence-corrected chi connectivity index (χ1v) is 4.75. The molecule has 0 aliphatic rings. The van der Waals surface area contributed by atoms with E-state index in [1.54, 1.807) is 6.07 Å². The van der Waals surface area contributed by atoms with Crippen molar-refractivity contribution in [3.8, 4) is 0 Å². The van der Waals surface area contributed by atoms with Gasteiger partial charge in [0.25, 0.3) is 0 Å². The van der Waals surface area contributed by atoms with Gasteiger partial charge in [0.15, 0.2) is 0 Å². The van der Waals surface area contributed by atoms with Gasteiger partial charge >= 0.3 is 0 Å². The Labute approximate surface area is 88.5 Å². The van der Waals surface area contributed by atoms with Gasteiger partial charge in [-0.15, -0.1) is 0 Å². The van der Waals surface area contributed by atoms with E-state index in [2.05, 4.69) is 0 Å². The first kappa shape index (κ1) is 10.9. The van der Waals surface area contributed by atoms with E-state index in [1.165, 1.54) is 12.1 Å². The fourth-order valence-electron chi connectivity index (χ4n) is 1.12. The lowest BCUT2D eigenvalue weighted by Crippen LogP contribution is -2.23. The van der Waals surface area contributed by atoms with Gasteiger partial charge in [0.1, 0.15) is 5.82 Å². The zero-order valence-electron chi connectivity index (χ0n) is 8.03. The van der Waals surface area contributed by atoms with Crippen LogP contribution in [-0.2, 0) is 0 Å². The second-order valence-electron chi connectivity index (χ2n) is 3.12. The molecule has 0 aromatic heterocycles. The zero-order valence-corrected chi connectivity index (χ0v) is 8.85. The van der Waals surface area contributed by atoms with Crippen LogP contribution in [-0.4, -0.2) is 18.6 Å². The number of hydrogen-bond donors (Lipinski definition) is 1. The molecule has 0 amide bonds. The lowest BCUT2D eigenvalue weighted by atomic mass is 10.3. The van der Waals surface area contributed by atoms with Crippen LogP contribution >= 0.6 is 12.2 Å². The molecular weight excluding hydrogens is 199 g/mol. The first-order chi connectivity index (χ1) is 6.59. The molecule has 0 unspecified atom stereocenters. The number of halogens is 1. The van der Waals surface area contributed by atoms with Crippen molar-refractivity contribution in [3.63, 3.8) is 0 Å². The van der Waals surface area contributed by atoms with Gasteiger partial charge in [-0.1, -0.05) is 18.3 Å². The van der Waals surface area contributed by atoms with Crippen molar-refractivity contribution in [2.75, 3.05) is 18.5 Å². The van der Waals surface area contributed by atoms with Crippen molar-refractivity contribution in [3.05, 3.63) is 30.1 Å². The molecular formula is C10H13FN2S. The van der Waals surface area contributed by atoms with Crippen LogP contribution in [0.3, 0.4) is 0 Å². The highest BCUT2D eigenvalue weighted by Gasteiger charge is 2.01. The molecule has 1 aromatic carbocycles. The lowest BCUT2D eigenvalue weighted by molar-refractivity contribution is 0.627. The summed E-state index contributed by atoms with van der Waals surface area (Å²) in [6, 6.07) is 6.44. The Morgan fingerprint density at radius 3 is 2.86 bits per heavy atom. The average Bonchev–Trinajstić information content (AvgIpc) is 2.14. The number of rotatable bonds is 4. The molecule has 0 radical (unpaired) electrons. The molecule has 0 fully saturated rings. The fourth-order valence-corrected chi connectivity index (χ4v) is 1.21. The van der Waals surface area contributed by atoms with Crippen LogP contribution in [0.25, 0.3) is 0 Å². The maximum atomic E-state index is 12.8. The van der Waals surface area contributed by atoms with Gasteiger partial charge in [-0.25, -0.2) is 4.39 Å². The summed E-state index contributed by atoms with van der Waals surface area (Å²) >= 11 is 4.77. The fraction of sp³-hybridized carbons (Fsp3) is 0.300. The topological polar surface area (TPSA) is 29.3 Å². The Morgan fingerprint density at radius 1 is 1.57 bits per heavy atom. The Bertz CT molecular complexity index is 328. The number of nitrogens with zero attached hydrogens (tertiary/aromatic N) is 1. The lowest BCUT2D eigenvalue weighted by Gasteiger charge is -2.18. The molecule has 1 aromatic rings. The Kier molecular flexibility index (Phi) is 3.83. The van der Waals surface area contributed by atoms with Gasteiger partial charge in [0.05, 0.1) is 4.99 Å². The maximum Gasteiger partial charge on any atom is 0.125 e. The Balaban J connectivity index is 2.60. The summed E-state index contributed by atoms with van der Waals surface area (Å²) in [6.07, 6.45) is 0.641. The second kappa shape index (κ2) is 4.91. The van der Waals surface area contributed by atoms with E-state index in [9.17, 15) is 4.39 Å². The Morgan fingerprint density at radius 2 is 2.29 bits per heavy atom. The molecule has 0 atom stereocenters. The number of thiocarbonyl (C=S) groups is 1. The third kappa shape index (κ3) is 3.30. The molecule has 0 aliphatic heterocycles. The van der Waals surface area contributed by atoms with Gasteiger partial charge < -0.3 is 10.6 Å². The largest absolute Gasteiger partial charge is 0.393 e. The molecule has 76 valence electrons. The molecule has 0 spiro atoms. The molecule has 0 bridgehead atoms. The van der Waals surface area contributed by atoms with Gasteiger partial charge in [-0.3, -0.25) is 0 Å². The Hall–Kier alpha value is -1.16. The quantitative estimate of drug-likeness (QED) is 0.773. The second-order valence-corrected chi connectivity index (χ2v) is 3.64. The van der Waals surface area contributed by atoms with E-state index >= 15 is 0 Å². The number of hydrogen-bond acceptors (Lipinski definition) is 2. The summed E-state index contributed by atoms with van der Waals surface area (Å²) < 4.78 is 12.8. The van der Waals surface area contributed by atoms with Crippen LogP contribution in [0.2, 0.25) is 0 Å². The van der Waals surface area contributed by atoms with Crippen LogP contribution in [0.4, 0.5) is 10.1 Å². The summed E-state index contributed by atoms with van der Waals surface area (Å²) in [6.45, 7) is 0.707. The molecule has 2 N–H and O–H groups in total. The molecule has 1 rings (SSSR count). The van der Waals surface area contributed by atoms with Crippen LogP contribution in [0, 0.1) is 5.82 Å². The number of nitrogens with two attached hydrogens (primary N) is 1. The molecule has 2 nitrogen and oxygen atoms in total. The van der Waals surface area contributed by atoms with Crippen molar-refractivity contribution in [2.24, 2.45) is 5.73 Å². The summed E-state index contributed by atoms with van der Waals surface area (Å²) in [7, 11) is 1.88. The van der Waals surface area contributed by atoms with Crippen molar-refractivity contribution in [1.29, 1.82) is 0 Å². The molecule has 0 aliphatic carbocycles. The number of benzene rings is 1. The van der Waals surface area contributed by atoms with E-state index in [4.69, 9.17) is 18.0 Å². The highest BCUT2D eigenvalue weighted by Crippen LogP contribution is 2.13. The minimum atomic E-state index is -0.232. The highest BCUT2D eigenvalue weighted by molar-refractivity contribution is 7.80. The zero-order chi connectivity index (χ0) is 10.6. The first-order valence-electron chi connectivity index (χ1n) is 4.34. The monoisotopic (exact) mass is 212 g/mol. The minimum absolute atomic E-state index is 0.232. The normalized spacial score (nSPS) is 9.86. The predicted octanol–water partition coefficient (Wildman–Crippen LogP) is 1.94. The van der Waals surface area contributed by atoms with E-state index in [1.807, 2.05) is 18.0 Å². The van der Waals surface area contributed by atoms with Crippen molar-refractivity contribution in [1.82, 2.24) is 0 Å². The summed E-state index contributed by atoms with van der Waals surface area (Å²) in [5.74, 6) is -0.232. The standard InChI is InChI=1S/C10H13FN2S/c1-13(6-5-10(12)14)9-4-2-3-8(11)7-9/h2-4,7H,5-6H2,1H3,(H2,12,14). The molecule has 14 heavy (non-hydrogen) atoms. The van der Waals surface area contributed by atoms with Crippen molar-refractivity contribution < 1.29 is 4.39 Å². The van der Waals surface area contributed by atoms with Crippen LogP contribution in [0.15, 0.2) is 24.3 Å². The van der Waals surface area contributed by atoms with E-state index < -0.39 is 0 Å². The third-order valence-electron chi connectivity index (χ3n) is 1.94. The van der Waals surface area contributed by atoms with E-state index in [-0.39, 0.29) is 5.82 Å². The smallest absolute Gasteiger partial charge is 0.125 e. The summed E-state index contributed by atoms with van der Waals surface area (Å²) in [5, 5.41) is 0. The summed E-state index contributed by atoms with van der Waals surface area (Å²) in [5.41, 5.74) is 6.21. The van der Waals surface area contributed by atoms with E-state index in [0.717, 1.165) is 5.69 Å². The SMILES string of the molecule is CN(CCC(N)=S)c1cccc(F)c1. The van der Waals surface area contributed by atoms with Crippen molar-refractivity contribution >= 4 is 22.9 Å². The van der Waals surface area contributed by atoms with Crippen LogP contribution in [0.5, 0.6) is 0 Å². The highest BCUT2D eigenvalue weighted by atomic mass is 32.1. The van der Waals surface area contributed by atoms with Gasteiger partial charge in [0, 0.05) is 25.7 Å². The maximum absolute atomic E-state index is 12.8. The molecule has 0 heterocycles. The van der Waals surface area contributed by atoms with Gasteiger partial charge in [0.2, 0.25) is 0 Å². The van der Waals surface area contributed by atoms with Crippen LogP contribution < -0.4 is 10.6 Å². The molecule has 0 saturated carbocycles. The predicted molar refractivity (Wildman–Crippen MR) is 61.1 cm³/mol. The molecule has 0 saturated heterocycles. The van der Waals surface area contributed by atoms with Crippen LogP contribution in [0.1, 0.15) is 6.42 Å². The van der Waals surface area contributed by atoms with E-state index in [0.29, 0.717) is 18.0 Å². The average molecular weight is 212 g/mol. The minimum Gasteiger partial charge on any atom is -0.393 e. The number of anilines is 1. The van der Waals surface area contributed by atoms with Crippen molar-refractivity contribution in [2.45, 2.75) is 6.42 Å². The van der Waals surface area contributed by atoms with Gasteiger partial charge in [-0.05, 0) is 18.2 Å². The molecule has 4 heteroatoms. The third-order valence-corrected chi connectivity index (χ3v) is 2.15. The van der Waals surface area contributed by atoms with Gasteiger partial charge in [-0.2, -0.15) is 0 Å². The summed E-state index contributed by atoms with van der Waals surface area (Å²) in [4.78, 5) is 2.40.